The Hall–Kier alpha value is -1.57. The van der Waals surface area contributed by atoms with E-state index in [4.69, 9.17) is 0 Å². The molecule has 0 saturated carbocycles. The fraction of sp³-hybridized carbons (Fsp3) is 0.357. The summed E-state index contributed by atoms with van der Waals surface area (Å²) in [6.45, 7) is 8.71. The van der Waals surface area contributed by atoms with Crippen LogP contribution in [0.15, 0.2) is 43.0 Å². The molecule has 0 saturated heterocycles. The molecule has 0 fully saturated rings. The van der Waals surface area contributed by atoms with Crippen molar-refractivity contribution in [3.63, 3.8) is 0 Å². The molecular weight excluding hydrogens is 196 g/mol. The highest BCUT2D eigenvalue weighted by Crippen LogP contribution is 2.10. The van der Waals surface area contributed by atoms with Crippen molar-refractivity contribution in [3.8, 4) is 5.69 Å². The zero-order chi connectivity index (χ0) is 11.8. The number of benzene rings is 1. The number of nitrogens with zero attached hydrogens (tertiary/aromatic N) is 2. The second kappa shape index (κ2) is 3.78. The molecule has 2 rings (SSSR count). The molecule has 84 valence electrons. The fourth-order valence-corrected chi connectivity index (χ4v) is 1.62. The van der Waals surface area contributed by atoms with Gasteiger partial charge in [0.05, 0.1) is 0 Å². The predicted molar refractivity (Wildman–Crippen MR) is 65.7 cm³/mol. The SMILES string of the molecule is Cc1ccc(-n2cc[n+](C(C)(C)C)c2)cc1. The highest BCUT2D eigenvalue weighted by atomic mass is 15.1. The molecule has 0 atom stereocenters. The van der Waals surface area contributed by atoms with Gasteiger partial charge in [0.2, 0.25) is 6.33 Å². The van der Waals surface area contributed by atoms with Gasteiger partial charge in [0.1, 0.15) is 23.6 Å². The van der Waals surface area contributed by atoms with E-state index in [1.54, 1.807) is 0 Å². The fourth-order valence-electron chi connectivity index (χ4n) is 1.62. The molecule has 16 heavy (non-hydrogen) atoms. The van der Waals surface area contributed by atoms with Crippen LogP contribution in [0.2, 0.25) is 0 Å². The van der Waals surface area contributed by atoms with Crippen molar-refractivity contribution in [3.05, 3.63) is 48.5 Å². The average Bonchev–Trinajstić information content (AvgIpc) is 2.67. The van der Waals surface area contributed by atoms with E-state index in [1.165, 1.54) is 11.3 Å². The maximum Gasteiger partial charge on any atom is 0.249 e. The van der Waals surface area contributed by atoms with Crippen molar-refractivity contribution in [2.75, 3.05) is 0 Å². The summed E-state index contributed by atoms with van der Waals surface area (Å²) in [5, 5.41) is 0. The molecule has 0 spiro atoms. The smallest absolute Gasteiger partial charge is 0.232 e. The first-order valence-corrected chi connectivity index (χ1v) is 5.63. The molecule has 0 aliphatic rings. The van der Waals surface area contributed by atoms with Gasteiger partial charge in [0.15, 0.2) is 0 Å². The van der Waals surface area contributed by atoms with Crippen LogP contribution in [0, 0.1) is 6.92 Å². The molecule has 0 N–H and O–H groups in total. The van der Waals surface area contributed by atoms with Gasteiger partial charge < -0.3 is 0 Å². The first-order valence-electron chi connectivity index (χ1n) is 5.63. The lowest BCUT2D eigenvalue weighted by atomic mass is 10.1. The van der Waals surface area contributed by atoms with Crippen molar-refractivity contribution in [2.24, 2.45) is 0 Å². The number of rotatable bonds is 1. The zero-order valence-corrected chi connectivity index (χ0v) is 10.4. The second-order valence-corrected chi connectivity index (χ2v) is 5.23. The standard InChI is InChI=1S/C14H19N2/c1-12-5-7-13(8-6-12)15-9-10-16(11-15)14(2,3)4/h5-11H,1-4H3/q+1. The van der Waals surface area contributed by atoms with E-state index in [9.17, 15) is 0 Å². The van der Waals surface area contributed by atoms with Gasteiger partial charge in [-0.2, -0.15) is 0 Å². The molecule has 2 heteroatoms. The molecule has 2 nitrogen and oxygen atoms in total. The Morgan fingerprint density at radius 3 is 2.19 bits per heavy atom. The monoisotopic (exact) mass is 215 g/mol. The van der Waals surface area contributed by atoms with E-state index >= 15 is 0 Å². The van der Waals surface area contributed by atoms with Crippen LogP contribution in [-0.4, -0.2) is 4.57 Å². The third kappa shape index (κ3) is 2.16. The van der Waals surface area contributed by atoms with Crippen molar-refractivity contribution in [2.45, 2.75) is 33.2 Å². The van der Waals surface area contributed by atoms with E-state index in [2.05, 4.69) is 79.8 Å². The van der Waals surface area contributed by atoms with Gasteiger partial charge in [-0.05, 0) is 39.8 Å². The Morgan fingerprint density at radius 1 is 1.06 bits per heavy atom. The Balaban J connectivity index is 2.35. The Bertz CT molecular complexity index is 472. The lowest BCUT2D eigenvalue weighted by molar-refractivity contribution is -0.753. The molecule has 1 aromatic carbocycles. The number of hydrogen-bond acceptors (Lipinski definition) is 0. The van der Waals surface area contributed by atoms with Crippen LogP contribution < -0.4 is 4.57 Å². The van der Waals surface area contributed by atoms with Gasteiger partial charge in [-0.15, -0.1) is 0 Å². The van der Waals surface area contributed by atoms with Crippen molar-refractivity contribution in [1.82, 2.24) is 4.57 Å². The quantitative estimate of drug-likeness (QED) is 0.647. The molecule has 0 aliphatic carbocycles. The molecule has 2 aromatic rings. The molecule has 0 bridgehead atoms. The number of aromatic nitrogens is 2. The van der Waals surface area contributed by atoms with Crippen LogP contribution in [0.1, 0.15) is 26.3 Å². The van der Waals surface area contributed by atoms with E-state index in [1.807, 2.05) is 0 Å². The maximum atomic E-state index is 2.22. The van der Waals surface area contributed by atoms with Crippen LogP contribution in [0.3, 0.4) is 0 Å². The molecule has 0 aliphatic heterocycles. The third-order valence-electron chi connectivity index (χ3n) is 2.74. The van der Waals surface area contributed by atoms with Gasteiger partial charge in [-0.1, -0.05) is 17.7 Å². The van der Waals surface area contributed by atoms with E-state index in [0.717, 1.165) is 0 Å². The van der Waals surface area contributed by atoms with Crippen LogP contribution >= 0.6 is 0 Å². The lowest BCUT2D eigenvalue weighted by Gasteiger charge is -2.13. The number of hydrogen-bond donors (Lipinski definition) is 0. The Morgan fingerprint density at radius 2 is 1.69 bits per heavy atom. The number of imidazole rings is 1. The minimum atomic E-state index is 0.135. The Kier molecular flexibility index (Phi) is 2.58. The summed E-state index contributed by atoms with van der Waals surface area (Å²) in [6.07, 6.45) is 6.33. The summed E-state index contributed by atoms with van der Waals surface area (Å²) in [4.78, 5) is 0. The molecule has 0 amide bonds. The van der Waals surface area contributed by atoms with Crippen LogP contribution in [0.4, 0.5) is 0 Å². The van der Waals surface area contributed by atoms with Crippen molar-refractivity contribution < 1.29 is 4.57 Å². The van der Waals surface area contributed by atoms with E-state index in [0.29, 0.717) is 0 Å². The van der Waals surface area contributed by atoms with Gasteiger partial charge in [0, 0.05) is 0 Å². The minimum absolute atomic E-state index is 0.135. The molecule has 1 heterocycles. The summed E-state index contributed by atoms with van der Waals surface area (Å²) < 4.78 is 4.36. The summed E-state index contributed by atoms with van der Waals surface area (Å²) >= 11 is 0. The number of aryl methyl sites for hydroxylation is 1. The van der Waals surface area contributed by atoms with Gasteiger partial charge >= 0.3 is 0 Å². The van der Waals surface area contributed by atoms with E-state index < -0.39 is 0 Å². The van der Waals surface area contributed by atoms with Crippen LogP contribution in [-0.2, 0) is 5.54 Å². The van der Waals surface area contributed by atoms with E-state index in [-0.39, 0.29) is 5.54 Å². The molecule has 0 radical (unpaired) electrons. The summed E-state index contributed by atoms with van der Waals surface area (Å²) in [7, 11) is 0. The predicted octanol–water partition coefficient (Wildman–Crippen LogP) is 2.83. The highest BCUT2D eigenvalue weighted by molar-refractivity contribution is 5.33. The highest BCUT2D eigenvalue weighted by Gasteiger charge is 2.19. The molecule has 1 aromatic heterocycles. The molecule has 0 unspecified atom stereocenters. The third-order valence-corrected chi connectivity index (χ3v) is 2.74. The Labute approximate surface area is 97.2 Å². The summed E-state index contributed by atoms with van der Waals surface area (Å²) in [6, 6.07) is 8.55. The van der Waals surface area contributed by atoms with Crippen LogP contribution in [0.25, 0.3) is 5.69 Å². The van der Waals surface area contributed by atoms with Gasteiger partial charge in [-0.25, -0.2) is 9.13 Å². The van der Waals surface area contributed by atoms with Gasteiger partial charge in [0.25, 0.3) is 0 Å². The maximum absolute atomic E-state index is 2.22. The molecular formula is C14H19N2+. The largest absolute Gasteiger partial charge is 0.249 e. The van der Waals surface area contributed by atoms with Crippen molar-refractivity contribution >= 4 is 0 Å². The summed E-state index contributed by atoms with van der Waals surface area (Å²) in [5.74, 6) is 0. The van der Waals surface area contributed by atoms with Crippen LogP contribution in [0.5, 0.6) is 0 Å². The summed E-state index contributed by atoms with van der Waals surface area (Å²) in [5.41, 5.74) is 2.63. The average molecular weight is 215 g/mol. The second-order valence-electron chi connectivity index (χ2n) is 5.23. The van der Waals surface area contributed by atoms with Crippen molar-refractivity contribution in [1.29, 1.82) is 0 Å². The first-order chi connectivity index (χ1) is 7.47. The first kappa shape index (κ1) is 10.9. The minimum Gasteiger partial charge on any atom is -0.232 e. The topological polar surface area (TPSA) is 8.81 Å². The lowest BCUT2D eigenvalue weighted by Crippen LogP contribution is -2.48. The van der Waals surface area contributed by atoms with Gasteiger partial charge in [-0.3, -0.25) is 0 Å². The zero-order valence-electron chi connectivity index (χ0n) is 10.4. The normalized spacial score (nSPS) is 11.8.